The molecular formula is C59H38OS. The Morgan fingerprint density at radius 3 is 1.56 bits per heavy atom. The molecule has 12 rings (SSSR count). The Balaban J connectivity index is 1.17. The van der Waals surface area contributed by atoms with Crippen LogP contribution in [0, 0.1) is 0 Å². The number of hydrogen-bond donors (Lipinski definition) is 0. The van der Waals surface area contributed by atoms with Crippen LogP contribution in [0.3, 0.4) is 0 Å². The van der Waals surface area contributed by atoms with Crippen LogP contribution >= 0.6 is 11.3 Å². The third-order valence-electron chi connectivity index (χ3n) is 12.6. The van der Waals surface area contributed by atoms with Crippen molar-refractivity contribution in [1.82, 2.24) is 0 Å². The Morgan fingerprint density at radius 1 is 0.410 bits per heavy atom. The summed E-state index contributed by atoms with van der Waals surface area (Å²) in [6.45, 7) is 6.61. The van der Waals surface area contributed by atoms with Gasteiger partial charge >= 0.3 is 0 Å². The van der Waals surface area contributed by atoms with E-state index in [4.69, 9.17) is 4.42 Å². The van der Waals surface area contributed by atoms with E-state index in [2.05, 4.69) is 208 Å². The maximum absolute atomic E-state index is 6.42. The monoisotopic (exact) mass is 794 g/mol. The number of para-hydroxylation sites is 1. The number of hydrogen-bond acceptors (Lipinski definition) is 2. The van der Waals surface area contributed by atoms with Crippen LogP contribution in [0.25, 0.3) is 131 Å². The van der Waals surface area contributed by atoms with E-state index in [0.717, 1.165) is 38.6 Å². The number of benzene rings is 10. The highest BCUT2D eigenvalue weighted by Gasteiger charge is 2.25. The van der Waals surface area contributed by atoms with Gasteiger partial charge in [0.1, 0.15) is 11.2 Å². The van der Waals surface area contributed by atoms with Gasteiger partial charge in [0, 0.05) is 36.5 Å². The zero-order chi connectivity index (χ0) is 40.6. The molecule has 0 aliphatic rings. The Kier molecular flexibility index (Phi) is 8.16. The minimum Gasteiger partial charge on any atom is -0.456 e. The number of rotatable bonds is 6. The minimum absolute atomic E-state index is 0.885. The van der Waals surface area contributed by atoms with Gasteiger partial charge in [-0.15, -0.1) is 11.3 Å². The maximum atomic E-state index is 6.42. The van der Waals surface area contributed by atoms with Gasteiger partial charge in [-0.3, -0.25) is 0 Å². The average Bonchev–Trinajstić information content (AvgIpc) is 3.90. The molecule has 2 heterocycles. The molecule has 0 radical (unpaired) electrons. The smallest absolute Gasteiger partial charge is 0.136 e. The van der Waals surface area contributed by atoms with Crippen LogP contribution in [0.5, 0.6) is 0 Å². The summed E-state index contributed by atoms with van der Waals surface area (Å²) in [5.74, 6) is 0. The molecule has 10 aromatic carbocycles. The highest BCUT2D eigenvalue weighted by atomic mass is 32.1. The summed E-state index contributed by atoms with van der Waals surface area (Å²) in [5, 5.41) is 12.2. The summed E-state index contributed by atoms with van der Waals surface area (Å²) in [5.41, 5.74) is 13.9. The van der Waals surface area contributed by atoms with Gasteiger partial charge < -0.3 is 4.42 Å². The fourth-order valence-corrected chi connectivity index (χ4v) is 11.4. The van der Waals surface area contributed by atoms with E-state index in [1.165, 1.54) is 91.4 Å². The van der Waals surface area contributed by atoms with E-state index in [0.29, 0.717) is 0 Å². The first-order chi connectivity index (χ1) is 30.2. The highest BCUT2D eigenvalue weighted by molar-refractivity contribution is 7.26. The normalized spacial score (nSPS) is 12.0. The van der Waals surface area contributed by atoms with Gasteiger partial charge in [0.05, 0.1) is 0 Å². The predicted octanol–water partition coefficient (Wildman–Crippen LogP) is 17.8. The molecule has 0 unspecified atom stereocenters. The van der Waals surface area contributed by atoms with Crippen molar-refractivity contribution in [3.8, 4) is 44.5 Å². The van der Waals surface area contributed by atoms with Crippen LogP contribution in [0.15, 0.2) is 199 Å². The predicted molar refractivity (Wildman–Crippen MR) is 266 cm³/mol. The molecule has 2 heteroatoms. The molecule has 0 bridgehead atoms. The van der Waals surface area contributed by atoms with Crippen LogP contribution in [0.1, 0.15) is 18.1 Å². The van der Waals surface area contributed by atoms with Crippen molar-refractivity contribution in [3.63, 3.8) is 0 Å². The third-order valence-corrected chi connectivity index (χ3v) is 13.8. The molecule has 0 amide bonds. The molecule has 0 fully saturated rings. The Hall–Kier alpha value is -7.52. The molecule has 0 saturated heterocycles. The van der Waals surface area contributed by atoms with Crippen molar-refractivity contribution in [2.75, 3.05) is 0 Å². The molecule has 0 aliphatic carbocycles. The lowest BCUT2D eigenvalue weighted by Crippen LogP contribution is -1.96. The first-order valence-corrected chi connectivity index (χ1v) is 21.7. The molecular weight excluding hydrogens is 757 g/mol. The molecule has 286 valence electrons. The minimum atomic E-state index is 0.885. The zero-order valence-electron chi connectivity index (χ0n) is 33.6. The first kappa shape index (κ1) is 35.4. The van der Waals surface area contributed by atoms with Crippen molar-refractivity contribution in [1.29, 1.82) is 0 Å². The lowest BCUT2D eigenvalue weighted by molar-refractivity contribution is 0.669. The molecule has 61 heavy (non-hydrogen) atoms. The zero-order valence-corrected chi connectivity index (χ0v) is 34.4. The fraction of sp³-hybridized carbons (Fsp3) is 0.0169. The standard InChI is InChI=1S/C59H38OS/c1-3-19-38-37(4-2)54(46-29-17-34-51-57(46)45-28-14-15-33-50(45)60-51)43-26-12-13-27-44(43)56(38)48-31-16-32-49-58-47(30-18-35-52(58)61-59(48)49)55-41-24-10-8-22-39(41)53(36-20-6-5-7-21-36)40-23-9-11-25-42(40)55/h3-35H,2H2,1H3/b19-3-. The first-order valence-electron chi connectivity index (χ1n) is 20.9. The van der Waals surface area contributed by atoms with Crippen molar-refractivity contribution in [2.24, 2.45) is 0 Å². The summed E-state index contributed by atoms with van der Waals surface area (Å²) in [6, 6.07) is 66.3. The average molecular weight is 795 g/mol. The quantitative estimate of drug-likeness (QED) is 0.153. The van der Waals surface area contributed by atoms with E-state index in [-0.39, 0.29) is 0 Å². The summed E-state index contributed by atoms with van der Waals surface area (Å²) < 4.78 is 8.98. The van der Waals surface area contributed by atoms with Crippen LogP contribution in [0.2, 0.25) is 0 Å². The maximum Gasteiger partial charge on any atom is 0.136 e. The Labute approximate surface area is 357 Å². The lowest BCUT2D eigenvalue weighted by atomic mass is 9.82. The number of furan rings is 1. The van der Waals surface area contributed by atoms with Crippen molar-refractivity contribution in [2.45, 2.75) is 6.92 Å². The topological polar surface area (TPSA) is 13.1 Å². The van der Waals surface area contributed by atoms with Crippen molar-refractivity contribution >= 4 is 97.9 Å². The van der Waals surface area contributed by atoms with E-state index in [1.54, 1.807) is 0 Å². The van der Waals surface area contributed by atoms with Gasteiger partial charge in [0.25, 0.3) is 0 Å². The SMILES string of the molecule is C=Cc1c(/C=C\C)c(-c2cccc3c2sc2cccc(-c4c5ccccc5c(-c5ccccc5)c5ccccc45)c23)c2ccccc2c1-c1cccc2oc3ccccc3c12. The van der Waals surface area contributed by atoms with Crippen molar-refractivity contribution < 1.29 is 4.42 Å². The van der Waals surface area contributed by atoms with Gasteiger partial charge in [-0.2, -0.15) is 0 Å². The summed E-state index contributed by atoms with van der Waals surface area (Å²) in [4.78, 5) is 0. The summed E-state index contributed by atoms with van der Waals surface area (Å²) in [6.07, 6.45) is 6.50. The largest absolute Gasteiger partial charge is 0.456 e. The molecule has 0 atom stereocenters. The fourth-order valence-electron chi connectivity index (χ4n) is 10.2. The van der Waals surface area contributed by atoms with Gasteiger partial charge in [-0.05, 0) is 108 Å². The number of thiophene rings is 1. The van der Waals surface area contributed by atoms with E-state index in [9.17, 15) is 0 Å². The second-order valence-corrected chi connectivity index (χ2v) is 16.8. The van der Waals surface area contributed by atoms with Gasteiger partial charge in [-0.1, -0.05) is 189 Å². The second kappa shape index (κ2) is 14.1. The number of allylic oxidation sites excluding steroid dienone is 1. The van der Waals surface area contributed by atoms with E-state index >= 15 is 0 Å². The molecule has 1 nitrogen and oxygen atoms in total. The van der Waals surface area contributed by atoms with Gasteiger partial charge in [0.15, 0.2) is 0 Å². The third kappa shape index (κ3) is 5.26. The number of fused-ring (bicyclic) bond motifs is 9. The lowest BCUT2D eigenvalue weighted by Gasteiger charge is -2.21. The molecule has 2 aromatic heterocycles. The van der Waals surface area contributed by atoms with Crippen LogP contribution in [0.4, 0.5) is 0 Å². The highest BCUT2D eigenvalue weighted by Crippen LogP contribution is 2.52. The van der Waals surface area contributed by atoms with Crippen LogP contribution in [-0.2, 0) is 0 Å². The molecule has 12 aromatic rings. The molecule has 0 saturated carbocycles. The summed E-state index contributed by atoms with van der Waals surface area (Å²) >= 11 is 1.89. The molecule has 0 aliphatic heterocycles. The Morgan fingerprint density at radius 2 is 0.902 bits per heavy atom. The van der Waals surface area contributed by atoms with Crippen molar-refractivity contribution in [3.05, 3.63) is 206 Å². The van der Waals surface area contributed by atoms with Gasteiger partial charge in [-0.25, -0.2) is 0 Å². The molecule has 0 N–H and O–H groups in total. The molecule has 0 spiro atoms. The Bertz CT molecular complexity index is 3730. The second-order valence-electron chi connectivity index (χ2n) is 15.8. The van der Waals surface area contributed by atoms with Crippen LogP contribution < -0.4 is 0 Å². The van der Waals surface area contributed by atoms with Gasteiger partial charge in [0.2, 0.25) is 0 Å². The van der Waals surface area contributed by atoms with Crippen LogP contribution in [-0.4, -0.2) is 0 Å². The summed E-state index contributed by atoms with van der Waals surface area (Å²) in [7, 11) is 0. The van der Waals surface area contributed by atoms with E-state index < -0.39 is 0 Å². The van der Waals surface area contributed by atoms with E-state index in [1.807, 2.05) is 17.4 Å².